The number of carbonyl (C=O) groups excluding carboxylic acids is 1. The summed E-state index contributed by atoms with van der Waals surface area (Å²) in [6.07, 6.45) is 6.21. The highest BCUT2D eigenvalue weighted by molar-refractivity contribution is 9.10. The lowest BCUT2D eigenvalue weighted by Crippen LogP contribution is -2.35. The number of hydrogen-bond donors (Lipinski definition) is 2. The number of anilines is 1. The van der Waals surface area contributed by atoms with Crippen LogP contribution in [-0.2, 0) is 17.8 Å². The quantitative estimate of drug-likeness (QED) is 0.792. The van der Waals surface area contributed by atoms with Crippen molar-refractivity contribution in [1.29, 1.82) is 0 Å². The molecule has 0 spiro atoms. The highest BCUT2D eigenvalue weighted by atomic mass is 79.9. The summed E-state index contributed by atoms with van der Waals surface area (Å²) in [4.78, 5) is 11.8. The van der Waals surface area contributed by atoms with E-state index in [-0.39, 0.29) is 5.91 Å². The zero-order chi connectivity index (χ0) is 15.9. The van der Waals surface area contributed by atoms with E-state index in [1.807, 2.05) is 42.1 Å². The van der Waals surface area contributed by atoms with E-state index in [0.717, 1.165) is 29.5 Å². The van der Waals surface area contributed by atoms with Crippen molar-refractivity contribution in [3.05, 3.63) is 46.7 Å². The van der Waals surface area contributed by atoms with Gasteiger partial charge in [-0.3, -0.25) is 9.48 Å². The maximum atomic E-state index is 11.8. The minimum absolute atomic E-state index is 0.129. The number of aromatic nitrogens is 2. The summed E-state index contributed by atoms with van der Waals surface area (Å²) in [6, 6.07) is 7.40. The minimum atomic E-state index is -0.442. The van der Waals surface area contributed by atoms with Crippen LogP contribution >= 0.6 is 15.9 Å². The second-order valence-electron chi connectivity index (χ2n) is 5.25. The molecule has 3 N–H and O–H groups in total. The third-order valence-electron chi connectivity index (χ3n) is 3.39. The van der Waals surface area contributed by atoms with Crippen LogP contribution in [0.15, 0.2) is 41.1 Å². The Morgan fingerprint density at radius 2 is 2.14 bits per heavy atom. The fourth-order valence-electron chi connectivity index (χ4n) is 2.14. The van der Waals surface area contributed by atoms with Crippen molar-refractivity contribution in [3.63, 3.8) is 0 Å². The van der Waals surface area contributed by atoms with Crippen LogP contribution in [-0.4, -0.2) is 21.7 Å². The monoisotopic (exact) mass is 364 g/mol. The summed E-state index contributed by atoms with van der Waals surface area (Å²) in [5.74, 6) is -0.129. The van der Waals surface area contributed by atoms with Crippen LogP contribution < -0.4 is 11.1 Å². The molecular formula is C16H21BrN4O. The van der Waals surface area contributed by atoms with Crippen molar-refractivity contribution < 1.29 is 4.79 Å². The zero-order valence-corrected chi connectivity index (χ0v) is 14.2. The van der Waals surface area contributed by atoms with E-state index in [1.54, 1.807) is 6.20 Å². The minimum Gasteiger partial charge on any atom is -0.325 e. The van der Waals surface area contributed by atoms with E-state index < -0.39 is 6.04 Å². The van der Waals surface area contributed by atoms with E-state index in [0.29, 0.717) is 6.42 Å². The smallest absolute Gasteiger partial charge is 0.241 e. The molecule has 0 aliphatic heterocycles. The molecule has 0 aliphatic rings. The first-order valence-electron chi connectivity index (χ1n) is 7.42. The molecule has 0 saturated heterocycles. The number of amides is 1. The molecule has 0 bridgehead atoms. The van der Waals surface area contributed by atoms with E-state index in [9.17, 15) is 4.79 Å². The number of nitrogens with zero attached hydrogens (tertiary/aromatic N) is 2. The normalized spacial score (nSPS) is 12.1. The van der Waals surface area contributed by atoms with E-state index in [2.05, 4.69) is 26.3 Å². The fourth-order valence-corrected chi connectivity index (χ4v) is 2.46. The van der Waals surface area contributed by atoms with Gasteiger partial charge in [0.25, 0.3) is 0 Å². The molecule has 1 aromatic carbocycles. The zero-order valence-electron chi connectivity index (χ0n) is 12.6. The van der Waals surface area contributed by atoms with Gasteiger partial charge in [-0.05, 0) is 46.5 Å². The highest BCUT2D eigenvalue weighted by Crippen LogP contribution is 2.12. The molecule has 1 atom stereocenters. The Morgan fingerprint density at radius 1 is 1.41 bits per heavy atom. The molecule has 0 saturated carbocycles. The predicted molar refractivity (Wildman–Crippen MR) is 91.6 cm³/mol. The van der Waals surface area contributed by atoms with E-state index in [1.165, 1.54) is 5.56 Å². The number of aryl methyl sites for hydroxylation is 2. The largest absolute Gasteiger partial charge is 0.325 e. The molecule has 118 valence electrons. The van der Waals surface area contributed by atoms with Crippen LogP contribution in [0.25, 0.3) is 0 Å². The Balaban J connectivity index is 1.86. The average Bonchev–Trinajstić information content (AvgIpc) is 2.92. The second kappa shape index (κ2) is 8.10. The number of nitrogens with two attached hydrogens (primary N) is 1. The van der Waals surface area contributed by atoms with E-state index >= 15 is 0 Å². The van der Waals surface area contributed by atoms with Gasteiger partial charge < -0.3 is 11.1 Å². The van der Waals surface area contributed by atoms with Crippen LogP contribution in [0.5, 0.6) is 0 Å². The predicted octanol–water partition coefficient (Wildman–Crippen LogP) is 2.95. The highest BCUT2D eigenvalue weighted by Gasteiger charge is 2.11. The number of benzene rings is 1. The average molecular weight is 365 g/mol. The third-order valence-corrected chi connectivity index (χ3v) is 3.80. The van der Waals surface area contributed by atoms with Gasteiger partial charge in [0.15, 0.2) is 0 Å². The maximum absolute atomic E-state index is 11.8. The Bertz CT molecular complexity index is 609. The Morgan fingerprint density at radius 3 is 2.73 bits per heavy atom. The van der Waals surface area contributed by atoms with Gasteiger partial charge in [0.05, 0.1) is 16.7 Å². The summed E-state index contributed by atoms with van der Waals surface area (Å²) in [5.41, 5.74) is 7.77. The van der Waals surface area contributed by atoms with Gasteiger partial charge >= 0.3 is 0 Å². The van der Waals surface area contributed by atoms with Crippen LogP contribution in [0.1, 0.15) is 25.3 Å². The molecule has 22 heavy (non-hydrogen) atoms. The molecule has 0 aliphatic carbocycles. The van der Waals surface area contributed by atoms with Crippen LogP contribution in [0.4, 0.5) is 5.69 Å². The summed E-state index contributed by atoms with van der Waals surface area (Å²) in [5, 5.41) is 7.07. The molecule has 1 heterocycles. The lowest BCUT2D eigenvalue weighted by atomic mass is 10.1. The van der Waals surface area contributed by atoms with E-state index in [4.69, 9.17) is 5.73 Å². The fraction of sp³-hybridized carbons (Fsp3) is 0.375. The summed E-state index contributed by atoms with van der Waals surface area (Å²) >= 11 is 3.38. The standard InChI is InChI=1S/C16H21BrN4O/c1-2-3-15(18)16(22)20-14-6-4-12(5-7-14)8-9-21-11-13(17)10-19-21/h4-7,10-11,15H,2-3,8-9,18H2,1H3,(H,20,22). The number of nitrogens with one attached hydrogen (secondary N) is 1. The Hall–Kier alpha value is -1.66. The summed E-state index contributed by atoms with van der Waals surface area (Å²) < 4.78 is 2.87. The van der Waals surface area contributed by atoms with Crippen LogP contribution in [0.2, 0.25) is 0 Å². The maximum Gasteiger partial charge on any atom is 0.241 e. The molecule has 5 nitrogen and oxygen atoms in total. The number of halogens is 1. The molecule has 0 fully saturated rings. The van der Waals surface area contributed by atoms with Gasteiger partial charge in [0.1, 0.15) is 0 Å². The first-order valence-corrected chi connectivity index (χ1v) is 8.21. The molecule has 1 amide bonds. The topological polar surface area (TPSA) is 72.9 Å². The van der Waals surface area contributed by atoms with Crippen LogP contribution in [0, 0.1) is 0 Å². The van der Waals surface area contributed by atoms with Crippen molar-refractivity contribution in [2.24, 2.45) is 5.73 Å². The molecule has 1 unspecified atom stereocenters. The Kier molecular flexibility index (Phi) is 6.15. The number of rotatable bonds is 7. The van der Waals surface area contributed by atoms with Crippen molar-refractivity contribution >= 4 is 27.5 Å². The molecular weight excluding hydrogens is 344 g/mol. The van der Waals surface area contributed by atoms with Crippen LogP contribution in [0.3, 0.4) is 0 Å². The summed E-state index contributed by atoms with van der Waals surface area (Å²) in [6.45, 7) is 2.83. The van der Waals surface area contributed by atoms with Gasteiger partial charge in [-0.1, -0.05) is 25.5 Å². The van der Waals surface area contributed by atoms with Gasteiger partial charge in [-0.25, -0.2) is 0 Å². The Labute approximate surface area is 139 Å². The first kappa shape index (κ1) is 16.7. The first-order chi connectivity index (χ1) is 10.6. The van der Waals surface area contributed by atoms with Gasteiger partial charge in [0.2, 0.25) is 5.91 Å². The lowest BCUT2D eigenvalue weighted by molar-refractivity contribution is -0.117. The van der Waals surface area contributed by atoms with Gasteiger partial charge in [0, 0.05) is 18.4 Å². The lowest BCUT2D eigenvalue weighted by Gasteiger charge is -2.11. The van der Waals surface area contributed by atoms with Gasteiger partial charge in [-0.15, -0.1) is 0 Å². The van der Waals surface area contributed by atoms with Crippen molar-refractivity contribution in [2.45, 2.75) is 38.8 Å². The molecule has 0 radical (unpaired) electrons. The molecule has 1 aromatic heterocycles. The van der Waals surface area contributed by atoms with Crippen molar-refractivity contribution in [3.8, 4) is 0 Å². The number of hydrogen-bond acceptors (Lipinski definition) is 3. The summed E-state index contributed by atoms with van der Waals surface area (Å²) in [7, 11) is 0. The number of carbonyl (C=O) groups is 1. The van der Waals surface area contributed by atoms with Crippen molar-refractivity contribution in [1.82, 2.24) is 9.78 Å². The third kappa shape index (κ3) is 4.96. The molecule has 2 aromatic rings. The molecule has 6 heteroatoms. The SMILES string of the molecule is CCCC(N)C(=O)Nc1ccc(CCn2cc(Br)cn2)cc1. The van der Waals surface area contributed by atoms with Gasteiger partial charge in [-0.2, -0.15) is 5.10 Å². The molecule has 2 rings (SSSR count). The second-order valence-corrected chi connectivity index (χ2v) is 6.17. The van der Waals surface area contributed by atoms with Crippen molar-refractivity contribution in [2.75, 3.05) is 5.32 Å².